The lowest BCUT2D eigenvalue weighted by atomic mass is 10.5. The number of amides is 2. The van der Waals surface area contributed by atoms with Crippen molar-refractivity contribution < 1.29 is 9.59 Å². The molecule has 0 spiro atoms. The summed E-state index contributed by atoms with van der Waals surface area (Å²) in [6, 6.07) is 0. The quantitative estimate of drug-likeness (QED) is 0.250. The maximum absolute atomic E-state index is 10.3. The monoisotopic (exact) mass is 148 g/mol. The first kappa shape index (κ1) is 8.29. The van der Waals surface area contributed by atoms with Gasteiger partial charge in [0.1, 0.15) is 0 Å². The second-order valence-corrected chi connectivity index (χ2v) is 2.29. The predicted octanol–water partition coefficient (Wildman–Crippen LogP) is -1.14. The van der Waals surface area contributed by atoms with Gasteiger partial charge in [-0.1, -0.05) is 0 Å². The molecule has 0 aromatic rings. The van der Waals surface area contributed by atoms with E-state index in [0.29, 0.717) is 0 Å². The average molecular weight is 148 g/mol. The Bertz CT molecular complexity index is 135. The predicted molar refractivity (Wildman–Crippen MR) is 35.8 cm³/mol. The minimum Gasteiger partial charge on any atom is -0.361 e. The second kappa shape index (κ2) is 3.34. The van der Waals surface area contributed by atoms with Crippen LogP contribution in [0.2, 0.25) is 0 Å². The largest absolute Gasteiger partial charge is 0.361 e. The summed E-state index contributed by atoms with van der Waals surface area (Å²) < 4.78 is 0. The van der Waals surface area contributed by atoms with Gasteiger partial charge in [0.2, 0.25) is 0 Å². The summed E-state index contributed by atoms with van der Waals surface area (Å²) in [5, 5.41) is 1.85. The zero-order chi connectivity index (χ0) is 7.44. The number of hydrogen-bond acceptors (Lipinski definition) is 3. The van der Waals surface area contributed by atoms with Crippen molar-refractivity contribution in [1.82, 2.24) is 5.32 Å². The molecule has 4 nitrogen and oxygen atoms in total. The van der Waals surface area contributed by atoms with Crippen molar-refractivity contribution in [1.29, 1.82) is 0 Å². The molecular formula is C4H8N2O2S. The topological polar surface area (TPSA) is 72.2 Å². The van der Waals surface area contributed by atoms with Crippen molar-refractivity contribution in [3.63, 3.8) is 0 Å². The Morgan fingerprint density at radius 1 is 1.67 bits per heavy atom. The van der Waals surface area contributed by atoms with Gasteiger partial charge in [-0.2, -0.15) is 12.6 Å². The van der Waals surface area contributed by atoms with Crippen molar-refractivity contribution in [2.24, 2.45) is 5.73 Å². The highest BCUT2D eigenvalue weighted by atomic mass is 32.1. The van der Waals surface area contributed by atoms with Crippen LogP contribution in [0.15, 0.2) is 0 Å². The molecule has 9 heavy (non-hydrogen) atoms. The number of nitrogens with one attached hydrogen (secondary N) is 1. The maximum Gasteiger partial charge on any atom is 0.309 e. The van der Waals surface area contributed by atoms with Gasteiger partial charge in [0.15, 0.2) is 0 Å². The lowest BCUT2D eigenvalue weighted by Crippen LogP contribution is -2.38. The second-order valence-electron chi connectivity index (χ2n) is 1.51. The lowest BCUT2D eigenvalue weighted by molar-refractivity contribution is -0.137. The molecule has 5 heteroatoms. The third-order valence-corrected chi connectivity index (χ3v) is 0.693. The summed E-state index contributed by atoms with van der Waals surface area (Å²) in [7, 11) is 0. The van der Waals surface area contributed by atoms with Gasteiger partial charge >= 0.3 is 11.8 Å². The number of carbonyl (C=O) groups excluding carboxylic acids is 2. The molecule has 0 aliphatic heterocycles. The molecule has 0 aromatic carbocycles. The van der Waals surface area contributed by atoms with E-state index in [0.717, 1.165) is 0 Å². The van der Waals surface area contributed by atoms with E-state index in [1.165, 1.54) is 0 Å². The lowest BCUT2D eigenvalue weighted by Gasteiger charge is -2.02. The number of thiol groups is 1. The normalized spacial score (nSPS) is 12.2. The maximum atomic E-state index is 10.3. The van der Waals surface area contributed by atoms with Gasteiger partial charge < -0.3 is 11.1 Å². The Kier molecular flexibility index (Phi) is 3.08. The Labute approximate surface area is 58.2 Å². The smallest absolute Gasteiger partial charge is 0.309 e. The van der Waals surface area contributed by atoms with Crippen LogP contribution in [0.5, 0.6) is 0 Å². The van der Waals surface area contributed by atoms with Crippen LogP contribution in [0, 0.1) is 0 Å². The molecule has 0 bridgehead atoms. The van der Waals surface area contributed by atoms with E-state index in [1.54, 1.807) is 6.92 Å². The first-order valence-corrected chi connectivity index (χ1v) is 2.84. The average Bonchev–Trinajstić information content (AvgIpc) is 1.63. The van der Waals surface area contributed by atoms with Crippen LogP contribution in [-0.4, -0.2) is 17.2 Å². The van der Waals surface area contributed by atoms with Crippen LogP contribution in [-0.2, 0) is 9.59 Å². The van der Waals surface area contributed by atoms with Crippen molar-refractivity contribution >= 4 is 24.4 Å². The van der Waals surface area contributed by atoms with Crippen molar-refractivity contribution in [2.45, 2.75) is 12.3 Å². The molecule has 1 unspecified atom stereocenters. The summed E-state index contributed by atoms with van der Waals surface area (Å²) in [4.78, 5) is 20.3. The van der Waals surface area contributed by atoms with Gasteiger partial charge in [0, 0.05) is 0 Å². The third kappa shape index (κ3) is 3.84. The zero-order valence-corrected chi connectivity index (χ0v) is 5.81. The van der Waals surface area contributed by atoms with E-state index in [2.05, 4.69) is 23.7 Å². The number of primary amides is 1. The first-order valence-electron chi connectivity index (χ1n) is 2.32. The summed E-state index contributed by atoms with van der Waals surface area (Å²) in [6.07, 6.45) is 0. The van der Waals surface area contributed by atoms with Gasteiger partial charge in [-0.05, 0) is 6.92 Å². The van der Waals surface area contributed by atoms with E-state index < -0.39 is 11.8 Å². The number of hydrogen-bond donors (Lipinski definition) is 3. The van der Waals surface area contributed by atoms with Crippen LogP contribution in [0.4, 0.5) is 0 Å². The van der Waals surface area contributed by atoms with Gasteiger partial charge in [-0.25, -0.2) is 0 Å². The van der Waals surface area contributed by atoms with Gasteiger partial charge in [-0.15, -0.1) is 0 Å². The van der Waals surface area contributed by atoms with E-state index in [1.807, 2.05) is 0 Å². The fourth-order valence-corrected chi connectivity index (χ4v) is 0.378. The Morgan fingerprint density at radius 3 is 2.22 bits per heavy atom. The molecule has 0 heterocycles. The molecule has 0 saturated carbocycles. The summed E-state index contributed by atoms with van der Waals surface area (Å²) in [6.45, 7) is 1.62. The fourth-order valence-electron chi connectivity index (χ4n) is 0.261. The highest BCUT2D eigenvalue weighted by Gasteiger charge is 2.08. The molecule has 0 radical (unpaired) electrons. The zero-order valence-electron chi connectivity index (χ0n) is 4.92. The standard InChI is InChI=1S/C4H8N2O2S/c1-2(9)6-4(8)3(5)7/h2,9H,1H3,(H2,5,7)(H,6,8). The van der Waals surface area contributed by atoms with Crippen LogP contribution in [0.3, 0.4) is 0 Å². The van der Waals surface area contributed by atoms with Gasteiger partial charge in [0.25, 0.3) is 0 Å². The molecule has 0 aromatic heterocycles. The summed E-state index contributed by atoms with van der Waals surface area (Å²) >= 11 is 3.79. The molecule has 0 rings (SSSR count). The van der Waals surface area contributed by atoms with Crippen LogP contribution < -0.4 is 11.1 Å². The SMILES string of the molecule is CC(S)NC(=O)C(N)=O. The van der Waals surface area contributed by atoms with E-state index in [9.17, 15) is 9.59 Å². The highest BCUT2D eigenvalue weighted by Crippen LogP contribution is 1.83. The van der Waals surface area contributed by atoms with Crippen LogP contribution in [0.1, 0.15) is 6.92 Å². The molecule has 52 valence electrons. The van der Waals surface area contributed by atoms with Crippen LogP contribution in [0.25, 0.3) is 0 Å². The Hall–Kier alpha value is -0.710. The number of carbonyl (C=O) groups is 2. The van der Waals surface area contributed by atoms with Crippen molar-refractivity contribution in [3.8, 4) is 0 Å². The van der Waals surface area contributed by atoms with E-state index in [-0.39, 0.29) is 5.37 Å². The summed E-state index contributed by atoms with van der Waals surface area (Å²) in [5.74, 6) is -1.80. The van der Waals surface area contributed by atoms with Crippen molar-refractivity contribution in [2.75, 3.05) is 0 Å². The third-order valence-electron chi connectivity index (χ3n) is 0.564. The molecule has 0 fully saturated rings. The number of nitrogens with two attached hydrogens (primary N) is 1. The fraction of sp³-hybridized carbons (Fsp3) is 0.500. The molecular weight excluding hydrogens is 140 g/mol. The van der Waals surface area contributed by atoms with Crippen LogP contribution >= 0.6 is 12.6 Å². The molecule has 1 atom stereocenters. The highest BCUT2D eigenvalue weighted by molar-refractivity contribution is 7.80. The minimum atomic E-state index is -0.990. The van der Waals surface area contributed by atoms with Gasteiger partial charge in [-0.3, -0.25) is 9.59 Å². The first-order chi connectivity index (χ1) is 4.04. The number of rotatable bonds is 1. The van der Waals surface area contributed by atoms with Gasteiger partial charge in [0.05, 0.1) is 5.37 Å². The van der Waals surface area contributed by atoms with E-state index in [4.69, 9.17) is 0 Å². The Morgan fingerprint density at radius 2 is 2.11 bits per heavy atom. The molecule has 0 aliphatic rings. The molecule has 0 aliphatic carbocycles. The van der Waals surface area contributed by atoms with Crippen molar-refractivity contribution in [3.05, 3.63) is 0 Å². The molecule has 0 saturated heterocycles. The van der Waals surface area contributed by atoms with E-state index >= 15 is 0 Å². The summed E-state index contributed by atoms with van der Waals surface area (Å²) in [5.41, 5.74) is 4.60. The Balaban J connectivity index is 3.65. The molecule has 3 N–H and O–H groups in total. The molecule has 2 amide bonds. The minimum absolute atomic E-state index is 0.343.